The fourth-order valence-electron chi connectivity index (χ4n) is 2.04. The van der Waals surface area contributed by atoms with Crippen LogP contribution in [-0.2, 0) is 0 Å². The molecule has 0 fully saturated rings. The van der Waals surface area contributed by atoms with Crippen LogP contribution in [0.1, 0.15) is 10.4 Å². The second kappa shape index (κ2) is 4.70. The minimum absolute atomic E-state index is 0.0838. The lowest BCUT2D eigenvalue weighted by atomic mass is 10.2. The van der Waals surface area contributed by atoms with Crippen LogP contribution in [0.25, 0.3) is 22.6 Å². The number of aromatic hydroxyl groups is 1. The molecule has 1 aromatic heterocycles. The van der Waals surface area contributed by atoms with E-state index in [-0.39, 0.29) is 17.5 Å². The number of phenolic OH excluding ortho intramolecular Hbond substituents is 1. The number of benzene rings is 2. The van der Waals surface area contributed by atoms with Gasteiger partial charge < -0.3 is 14.8 Å². The average molecular weight is 268 g/mol. The van der Waals surface area contributed by atoms with Crippen LogP contribution in [0.15, 0.2) is 46.9 Å². The summed E-state index contributed by atoms with van der Waals surface area (Å²) < 4.78 is 5.62. The van der Waals surface area contributed by atoms with E-state index in [0.717, 1.165) is 0 Å². The number of nitrogens with zero attached hydrogens (tertiary/aromatic N) is 1. The summed E-state index contributed by atoms with van der Waals surface area (Å²) in [6.07, 6.45) is 0. The summed E-state index contributed by atoms with van der Waals surface area (Å²) in [5, 5.41) is 12.4. The Morgan fingerprint density at radius 1 is 1.20 bits per heavy atom. The number of hydrogen-bond acceptors (Lipinski definition) is 4. The molecule has 0 saturated carbocycles. The molecular weight excluding hydrogens is 256 g/mol. The summed E-state index contributed by atoms with van der Waals surface area (Å²) in [5.74, 6) is 0.141. The van der Waals surface area contributed by atoms with Crippen molar-refractivity contribution < 1.29 is 14.3 Å². The van der Waals surface area contributed by atoms with Gasteiger partial charge in [-0.3, -0.25) is 4.79 Å². The number of rotatable bonds is 2. The van der Waals surface area contributed by atoms with Crippen LogP contribution in [0.4, 0.5) is 0 Å². The van der Waals surface area contributed by atoms with Crippen LogP contribution in [-0.4, -0.2) is 23.0 Å². The molecule has 1 heterocycles. The molecule has 1 amide bonds. The zero-order valence-electron chi connectivity index (χ0n) is 10.8. The van der Waals surface area contributed by atoms with Crippen molar-refractivity contribution in [3.8, 4) is 17.2 Å². The number of phenols is 1. The highest BCUT2D eigenvalue weighted by Gasteiger charge is 2.16. The topological polar surface area (TPSA) is 75.4 Å². The van der Waals surface area contributed by atoms with Gasteiger partial charge in [-0.15, -0.1) is 0 Å². The Morgan fingerprint density at radius 3 is 2.75 bits per heavy atom. The summed E-state index contributed by atoms with van der Waals surface area (Å²) in [4.78, 5) is 16.1. The van der Waals surface area contributed by atoms with Crippen LogP contribution in [0.5, 0.6) is 5.75 Å². The maximum Gasteiger partial charge on any atom is 0.253 e. The zero-order chi connectivity index (χ0) is 14.1. The Kier molecular flexibility index (Phi) is 2.87. The largest absolute Gasteiger partial charge is 0.507 e. The lowest BCUT2D eigenvalue weighted by molar-refractivity contribution is 0.0964. The normalized spacial score (nSPS) is 10.7. The van der Waals surface area contributed by atoms with Gasteiger partial charge in [0.1, 0.15) is 11.3 Å². The Bertz CT molecular complexity index is 793. The molecule has 3 aromatic rings. The number of nitrogens with one attached hydrogen (secondary N) is 1. The first kappa shape index (κ1) is 12.2. The van der Waals surface area contributed by atoms with Gasteiger partial charge in [-0.05, 0) is 24.3 Å². The van der Waals surface area contributed by atoms with E-state index in [9.17, 15) is 9.90 Å². The van der Waals surface area contributed by atoms with Crippen LogP contribution in [0, 0.1) is 0 Å². The van der Waals surface area contributed by atoms with Gasteiger partial charge in [-0.1, -0.05) is 18.2 Å². The van der Waals surface area contributed by atoms with Gasteiger partial charge in [0.25, 0.3) is 5.91 Å². The van der Waals surface area contributed by atoms with Crippen molar-refractivity contribution >= 4 is 17.0 Å². The second-order valence-corrected chi connectivity index (χ2v) is 4.27. The molecule has 20 heavy (non-hydrogen) atoms. The molecule has 0 spiro atoms. The van der Waals surface area contributed by atoms with E-state index in [1.165, 1.54) is 0 Å². The number of carbonyl (C=O) groups is 1. The number of amides is 1. The molecule has 100 valence electrons. The third-order valence-electron chi connectivity index (χ3n) is 3.03. The molecule has 0 saturated heterocycles. The van der Waals surface area contributed by atoms with Crippen molar-refractivity contribution in [3.05, 3.63) is 48.0 Å². The molecule has 0 atom stereocenters. The lowest BCUT2D eigenvalue weighted by Crippen LogP contribution is -2.18. The summed E-state index contributed by atoms with van der Waals surface area (Å²) in [5.41, 5.74) is 1.91. The molecule has 0 radical (unpaired) electrons. The van der Waals surface area contributed by atoms with Crippen LogP contribution < -0.4 is 5.32 Å². The Morgan fingerprint density at radius 2 is 2.00 bits per heavy atom. The number of aromatic nitrogens is 1. The maximum absolute atomic E-state index is 11.8. The van der Waals surface area contributed by atoms with Crippen molar-refractivity contribution in [1.82, 2.24) is 10.3 Å². The minimum Gasteiger partial charge on any atom is -0.507 e. The highest BCUT2D eigenvalue weighted by Crippen LogP contribution is 2.31. The lowest BCUT2D eigenvalue weighted by Gasteiger charge is -1.98. The van der Waals surface area contributed by atoms with E-state index in [1.807, 2.05) is 0 Å². The van der Waals surface area contributed by atoms with E-state index in [4.69, 9.17) is 4.42 Å². The van der Waals surface area contributed by atoms with Gasteiger partial charge >= 0.3 is 0 Å². The summed E-state index contributed by atoms with van der Waals surface area (Å²) in [6, 6.07) is 11.9. The molecule has 0 unspecified atom stereocenters. The first-order valence-electron chi connectivity index (χ1n) is 6.10. The predicted octanol–water partition coefficient (Wildman–Crippen LogP) is 2.56. The van der Waals surface area contributed by atoms with Gasteiger partial charge in [0.15, 0.2) is 5.58 Å². The van der Waals surface area contributed by atoms with Crippen molar-refractivity contribution in [3.63, 3.8) is 0 Å². The fourth-order valence-corrected chi connectivity index (χ4v) is 2.04. The monoisotopic (exact) mass is 268 g/mol. The zero-order valence-corrected chi connectivity index (χ0v) is 10.8. The van der Waals surface area contributed by atoms with Crippen molar-refractivity contribution in [1.29, 1.82) is 0 Å². The third-order valence-corrected chi connectivity index (χ3v) is 3.03. The van der Waals surface area contributed by atoms with Gasteiger partial charge in [-0.2, -0.15) is 0 Å². The van der Waals surface area contributed by atoms with Crippen LogP contribution >= 0.6 is 0 Å². The molecule has 0 aliphatic rings. The van der Waals surface area contributed by atoms with Gasteiger partial charge in [0.05, 0.1) is 11.1 Å². The number of carbonyl (C=O) groups excluding carboxylic acids is 1. The molecule has 3 rings (SSSR count). The van der Waals surface area contributed by atoms with Gasteiger partial charge in [-0.25, -0.2) is 4.98 Å². The Balaban J connectivity index is 2.21. The van der Waals surface area contributed by atoms with Crippen molar-refractivity contribution in [2.75, 3.05) is 7.05 Å². The SMILES string of the molecule is CNC(=O)c1cccc2oc(-c3ccccc3O)nc12. The van der Waals surface area contributed by atoms with E-state index < -0.39 is 0 Å². The highest BCUT2D eigenvalue weighted by molar-refractivity contribution is 6.04. The molecule has 2 N–H and O–H groups in total. The summed E-state index contributed by atoms with van der Waals surface area (Å²) in [7, 11) is 1.56. The summed E-state index contributed by atoms with van der Waals surface area (Å²) >= 11 is 0. The standard InChI is InChI=1S/C15H12N2O3/c1-16-14(19)10-6-4-8-12-13(10)17-15(20-12)9-5-2-3-7-11(9)18/h2-8,18H,1H3,(H,16,19). The molecule has 2 aromatic carbocycles. The quantitative estimate of drug-likeness (QED) is 0.749. The van der Waals surface area contributed by atoms with Gasteiger partial charge in [0.2, 0.25) is 5.89 Å². The Labute approximate surface area is 114 Å². The molecule has 0 aliphatic heterocycles. The molecule has 5 heteroatoms. The van der Waals surface area contributed by atoms with E-state index >= 15 is 0 Å². The highest BCUT2D eigenvalue weighted by atomic mass is 16.3. The van der Waals surface area contributed by atoms with E-state index in [0.29, 0.717) is 22.2 Å². The second-order valence-electron chi connectivity index (χ2n) is 4.27. The fraction of sp³-hybridized carbons (Fsp3) is 0.0667. The minimum atomic E-state index is -0.229. The number of oxazole rings is 1. The predicted molar refractivity (Wildman–Crippen MR) is 74.5 cm³/mol. The number of hydrogen-bond donors (Lipinski definition) is 2. The number of para-hydroxylation sites is 2. The molecule has 0 aliphatic carbocycles. The maximum atomic E-state index is 11.8. The van der Waals surface area contributed by atoms with Gasteiger partial charge in [0, 0.05) is 7.05 Å². The molecule has 5 nitrogen and oxygen atoms in total. The van der Waals surface area contributed by atoms with E-state index in [1.54, 1.807) is 49.5 Å². The van der Waals surface area contributed by atoms with Crippen molar-refractivity contribution in [2.24, 2.45) is 0 Å². The summed E-state index contributed by atoms with van der Waals surface area (Å²) in [6.45, 7) is 0. The van der Waals surface area contributed by atoms with Crippen molar-refractivity contribution in [2.45, 2.75) is 0 Å². The molecule has 0 bridgehead atoms. The third kappa shape index (κ3) is 1.89. The first-order valence-corrected chi connectivity index (χ1v) is 6.10. The van der Waals surface area contributed by atoms with E-state index in [2.05, 4.69) is 10.3 Å². The number of fused-ring (bicyclic) bond motifs is 1. The molecular formula is C15H12N2O3. The van der Waals surface area contributed by atoms with Crippen LogP contribution in [0.3, 0.4) is 0 Å². The smallest absolute Gasteiger partial charge is 0.253 e. The Hall–Kier alpha value is -2.82. The first-order chi connectivity index (χ1) is 9.70. The van der Waals surface area contributed by atoms with Crippen LogP contribution in [0.2, 0.25) is 0 Å². The average Bonchev–Trinajstić information content (AvgIpc) is 2.90.